The summed E-state index contributed by atoms with van der Waals surface area (Å²) in [6.45, 7) is 3.76. The average Bonchev–Trinajstić information content (AvgIpc) is 3.25. The predicted molar refractivity (Wildman–Crippen MR) is 124 cm³/mol. The minimum absolute atomic E-state index is 0.0958. The lowest BCUT2D eigenvalue weighted by Gasteiger charge is -2.26. The SMILES string of the molecule is O=C(Nc1ccc(CN2CCCCC2)cc1)c1cc(COc2ccc(Cl)cc2)cs1. The Morgan fingerprint density at radius 1 is 1.00 bits per heavy atom. The number of piperidine rings is 1. The van der Waals surface area contributed by atoms with Crippen LogP contribution in [0, 0.1) is 0 Å². The van der Waals surface area contributed by atoms with Crippen molar-refractivity contribution in [3.05, 3.63) is 81.0 Å². The fourth-order valence-corrected chi connectivity index (χ4v) is 4.45. The van der Waals surface area contributed by atoms with E-state index in [0.29, 0.717) is 16.5 Å². The minimum atomic E-state index is -0.0958. The van der Waals surface area contributed by atoms with E-state index in [2.05, 4.69) is 22.3 Å². The number of amides is 1. The first-order chi connectivity index (χ1) is 14.7. The van der Waals surface area contributed by atoms with E-state index in [4.69, 9.17) is 16.3 Å². The fourth-order valence-electron chi connectivity index (χ4n) is 3.53. The second kappa shape index (κ2) is 10.1. The summed E-state index contributed by atoms with van der Waals surface area (Å²) in [5.41, 5.74) is 3.07. The molecule has 1 N–H and O–H groups in total. The van der Waals surface area contributed by atoms with E-state index in [-0.39, 0.29) is 5.91 Å². The molecule has 3 aromatic rings. The number of benzene rings is 2. The quantitative estimate of drug-likeness (QED) is 0.474. The topological polar surface area (TPSA) is 41.6 Å². The van der Waals surface area contributed by atoms with Gasteiger partial charge in [-0.2, -0.15) is 0 Å². The van der Waals surface area contributed by atoms with Crippen LogP contribution in [0.1, 0.15) is 40.1 Å². The smallest absolute Gasteiger partial charge is 0.265 e. The van der Waals surface area contributed by atoms with E-state index in [1.165, 1.54) is 49.3 Å². The Morgan fingerprint density at radius 3 is 2.47 bits per heavy atom. The third-order valence-corrected chi connectivity index (χ3v) is 6.39. The van der Waals surface area contributed by atoms with Crippen molar-refractivity contribution in [1.82, 2.24) is 4.90 Å². The molecular weight excluding hydrogens is 416 g/mol. The summed E-state index contributed by atoms with van der Waals surface area (Å²) < 4.78 is 5.75. The number of carbonyl (C=O) groups is 1. The molecule has 30 heavy (non-hydrogen) atoms. The van der Waals surface area contributed by atoms with E-state index in [0.717, 1.165) is 23.5 Å². The number of nitrogens with one attached hydrogen (secondary N) is 1. The maximum Gasteiger partial charge on any atom is 0.265 e. The molecule has 4 rings (SSSR count). The highest BCUT2D eigenvalue weighted by Crippen LogP contribution is 2.21. The van der Waals surface area contributed by atoms with E-state index < -0.39 is 0 Å². The molecule has 6 heteroatoms. The Kier molecular flexibility index (Phi) is 7.05. The van der Waals surface area contributed by atoms with Crippen LogP contribution in [-0.2, 0) is 13.2 Å². The summed E-state index contributed by atoms with van der Waals surface area (Å²) in [7, 11) is 0. The first-order valence-electron chi connectivity index (χ1n) is 10.2. The number of nitrogens with zero attached hydrogens (tertiary/aromatic N) is 1. The average molecular weight is 441 g/mol. The fraction of sp³-hybridized carbons (Fsp3) is 0.292. The number of likely N-dealkylation sites (tertiary alicyclic amines) is 1. The highest BCUT2D eigenvalue weighted by atomic mass is 35.5. The van der Waals surface area contributed by atoms with Gasteiger partial charge in [0.1, 0.15) is 12.4 Å². The van der Waals surface area contributed by atoms with Crippen molar-refractivity contribution in [1.29, 1.82) is 0 Å². The van der Waals surface area contributed by atoms with Crippen molar-refractivity contribution in [2.24, 2.45) is 0 Å². The monoisotopic (exact) mass is 440 g/mol. The number of rotatable bonds is 7. The van der Waals surface area contributed by atoms with Gasteiger partial charge in [0.05, 0.1) is 4.88 Å². The molecule has 1 aliphatic heterocycles. The Balaban J connectivity index is 1.28. The molecule has 0 saturated carbocycles. The number of halogens is 1. The summed E-state index contributed by atoms with van der Waals surface area (Å²) in [5.74, 6) is 0.655. The predicted octanol–water partition coefficient (Wildman–Crippen LogP) is 6.22. The molecule has 0 bridgehead atoms. The lowest BCUT2D eigenvalue weighted by molar-refractivity contribution is 0.103. The van der Waals surface area contributed by atoms with Crippen molar-refractivity contribution >= 4 is 34.5 Å². The normalized spacial score (nSPS) is 14.4. The Hall–Kier alpha value is -2.34. The molecule has 2 heterocycles. The number of carbonyl (C=O) groups excluding carboxylic acids is 1. The van der Waals surface area contributed by atoms with Crippen LogP contribution in [0.3, 0.4) is 0 Å². The molecule has 1 amide bonds. The molecule has 1 saturated heterocycles. The van der Waals surface area contributed by atoms with E-state index in [9.17, 15) is 4.79 Å². The molecule has 156 valence electrons. The van der Waals surface area contributed by atoms with Gasteiger partial charge in [-0.3, -0.25) is 9.69 Å². The zero-order valence-corrected chi connectivity index (χ0v) is 18.3. The Morgan fingerprint density at radius 2 is 1.73 bits per heavy atom. The lowest BCUT2D eigenvalue weighted by atomic mass is 10.1. The standard InChI is InChI=1S/C24H25ClN2O2S/c25-20-6-10-22(11-7-20)29-16-19-14-23(30-17-19)24(28)26-21-8-4-18(5-9-21)15-27-12-2-1-3-13-27/h4-11,14,17H,1-3,12-13,15-16H2,(H,26,28). The van der Waals surface area contributed by atoms with Crippen LogP contribution < -0.4 is 10.1 Å². The molecule has 4 nitrogen and oxygen atoms in total. The van der Waals surface area contributed by atoms with Crippen LogP contribution in [0.2, 0.25) is 5.02 Å². The number of anilines is 1. The second-order valence-corrected chi connectivity index (χ2v) is 8.90. The molecule has 0 unspecified atom stereocenters. The summed E-state index contributed by atoms with van der Waals surface area (Å²) in [4.78, 5) is 15.7. The molecular formula is C24H25ClN2O2S. The summed E-state index contributed by atoms with van der Waals surface area (Å²) in [6, 6.07) is 17.3. The van der Waals surface area contributed by atoms with Crippen LogP contribution in [0.25, 0.3) is 0 Å². The molecule has 2 aromatic carbocycles. The van der Waals surface area contributed by atoms with E-state index in [1.807, 2.05) is 35.7 Å². The summed E-state index contributed by atoms with van der Waals surface area (Å²) in [6.07, 6.45) is 3.93. The molecule has 1 aliphatic rings. The van der Waals surface area contributed by atoms with Crippen molar-refractivity contribution < 1.29 is 9.53 Å². The van der Waals surface area contributed by atoms with Gasteiger partial charge in [0.25, 0.3) is 5.91 Å². The van der Waals surface area contributed by atoms with Gasteiger partial charge in [0, 0.05) is 22.8 Å². The van der Waals surface area contributed by atoms with Crippen molar-refractivity contribution in [3.63, 3.8) is 0 Å². The van der Waals surface area contributed by atoms with Gasteiger partial charge in [0.15, 0.2) is 0 Å². The van der Waals surface area contributed by atoms with E-state index in [1.54, 1.807) is 12.1 Å². The van der Waals surface area contributed by atoms with Crippen LogP contribution in [-0.4, -0.2) is 23.9 Å². The van der Waals surface area contributed by atoms with Gasteiger partial charge in [-0.1, -0.05) is 30.2 Å². The molecule has 1 aromatic heterocycles. The van der Waals surface area contributed by atoms with Gasteiger partial charge in [-0.25, -0.2) is 0 Å². The van der Waals surface area contributed by atoms with Crippen molar-refractivity contribution in [2.45, 2.75) is 32.4 Å². The van der Waals surface area contributed by atoms with Crippen molar-refractivity contribution in [2.75, 3.05) is 18.4 Å². The largest absolute Gasteiger partial charge is 0.489 e. The maximum atomic E-state index is 12.6. The van der Waals surface area contributed by atoms with Gasteiger partial charge >= 0.3 is 0 Å². The zero-order valence-electron chi connectivity index (χ0n) is 16.8. The zero-order chi connectivity index (χ0) is 20.8. The second-order valence-electron chi connectivity index (χ2n) is 7.55. The highest BCUT2D eigenvalue weighted by molar-refractivity contribution is 7.12. The van der Waals surface area contributed by atoms with E-state index >= 15 is 0 Å². The van der Waals surface area contributed by atoms with Crippen LogP contribution in [0.4, 0.5) is 5.69 Å². The Labute approximate surface area is 186 Å². The number of hydrogen-bond acceptors (Lipinski definition) is 4. The van der Waals surface area contributed by atoms with Gasteiger partial charge in [0.2, 0.25) is 0 Å². The third kappa shape index (κ3) is 5.85. The van der Waals surface area contributed by atoms with Gasteiger partial charge < -0.3 is 10.1 Å². The molecule has 0 aliphatic carbocycles. The van der Waals surface area contributed by atoms with Gasteiger partial charge in [-0.15, -0.1) is 11.3 Å². The third-order valence-electron chi connectivity index (χ3n) is 5.16. The first-order valence-corrected chi connectivity index (χ1v) is 11.5. The maximum absolute atomic E-state index is 12.6. The van der Waals surface area contributed by atoms with Crippen LogP contribution in [0.5, 0.6) is 5.75 Å². The van der Waals surface area contributed by atoms with Crippen molar-refractivity contribution in [3.8, 4) is 5.75 Å². The van der Waals surface area contributed by atoms with Gasteiger partial charge in [-0.05, 0) is 79.3 Å². The van der Waals surface area contributed by atoms with Crippen LogP contribution in [0.15, 0.2) is 60.0 Å². The molecule has 0 spiro atoms. The molecule has 1 fully saturated rings. The number of thiophene rings is 1. The molecule has 0 radical (unpaired) electrons. The number of hydrogen-bond donors (Lipinski definition) is 1. The summed E-state index contributed by atoms with van der Waals surface area (Å²) >= 11 is 7.31. The van der Waals surface area contributed by atoms with Crippen LogP contribution >= 0.6 is 22.9 Å². The summed E-state index contributed by atoms with van der Waals surface area (Å²) in [5, 5.41) is 5.61. The Bertz CT molecular complexity index is 964. The highest BCUT2D eigenvalue weighted by Gasteiger charge is 2.12. The first kappa shape index (κ1) is 20.9. The lowest BCUT2D eigenvalue weighted by Crippen LogP contribution is -2.29. The minimum Gasteiger partial charge on any atom is -0.489 e. The molecule has 0 atom stereocenters. The number of ether oxygens (including phenoxy) is 1.